The molecule has 1 aliphatic rings. The molecular formula is C35H37N3O7S. The van der Waals surface area contributed by atoms with E-state index in [0.717, 1.165) is 11.1 Å². The second-order valence-electron chi connectivity index (χ2n) is 10.7. The zero-order chi connectivity index (χ0) is 32.5. The van der Waals surface area contributed by atoms with Gasteiger partial charge in [-0.15, -0.1) is 0 Å². The molecular weight excluding hydrogens is 606 g/mol. The molecule has 1 fully saturated rings. The normalized spacial score (nSPS) is 14.2. The summed E-state index contributed by atoms with van der Waals surface area (Å²) in [6.07, 6.45) is 0. The molecule has 1 heterocycles. The molecule has 0 unspecified atom stereocenters. The Morgan fingerprint density at radius 3 is 1.98 bits per heavy atom. The van der Waals surface area contributed by atoms with Gasteiger partial charge in [-0.3, -0.25) is 9.59 Å². The number of nitrogens with zero attached hydrogens (tertiary/aromatic N) is 2. The largest absolute Gasteiger partial charge is 0.497 e. The number of hydrogen-bond donors (Lipinski definition) is 1. The monoisotopic (exact) mass is 643 g/mol. The zero-order valence-electron chi connectivity index (χ0n) is 25.8. The van der Waals surface area contributed by atoms with Gasteiger partial charge >= 0.3 is 0 Å². The summed E-state index contributed by atoms with van der Waals surface area (Å²) < 4.78 is 43.7. The first kappa shape index (κ1) is 32.7. The van der Waals surface area contributed by atoms with Crippen LogP contribution in [0.4, 0.5) is 0 Å². The van der Waals surface area contributed by atoms with Gasteiger partial charge in [0.25, 0.3) is 5.91 Å². The van der Waals surface area contributed by atoms with Crippen LogP contribution in [0.25, 0.3) is 0 Å². The number of carbonyl (C=O) groups excluding carboxylic acids is 2. The van der Waals surface area contributed by atoms with E-state index in [1.807, 2.05) is 54.6 Å². The van der Waals surface area contributed by atoms with Crippen LogP contribution >= 0.6 is 0 Å². The van der Waals surface area contributed by atoms with Crippen molar-refractivity contribution in [1.29, 1.82) is 0 Å². The Morgan fingerprint density at radius 1 is 0.804 bits per heavy atom. The Kier molecular flexibility index (Phi) is 10.7. The fourth-order valence-corrected chi connectivity index (χ4v) is 6.63. The quantitative estimate of drug-likeness (QED) is 0.243. The predicted octanol–water partition coefficient (Wildman–Crippen LogP) is 4.42. The maximum absolute atomic E-state index is 14.3. The molecule has 5 rings (SSSR count). The van der Waals surface area contributed by atoms with E-state index in [9.17, 15) is 18.0 Å². The summed E-state index contributed by atoms with van der Waals surface area (Å²) in [6, 6.07) is 28.6. The number of carbonyl (C=O) groups is 2. The summed E-state index contributed by atoms with van der Waals surface area (Å²) in [7, 11) is -0.600. The van der Waals surface area contributed by atoms with Crippen molar-refractivity contribution < 1.29 is 32.2 Å². The molecule has 1 saturated heterocycles. The lowest BCUT2D eigenvalue weighted by Crippen LogP contribution is -2.43. The van der Waals surface area contributed by atoms with Crippen LogP contribution in [-0.4, -0.2) is 70.0 Å². The predicted molar refractivity (Wildman–Crippen MR) is 173 cm³/mol. The molecule has 1 aliphatic heterocycles. The van der Waals surface area contributed by atoms with Crippen molar-refractivity contribution in [3.05, 3.63) is 125 Å². The Bertz CT molecular complexity index is 1710. The fourth-order valence-electron chi connectivity index (χ4n) is 5.22. The number of sulfonamides is 1. The Balaban J connectivity index is 1.48. The average Bonchev–Trinajstić information content (AvgIpc) is 3.11. The second kappa shape index (κ2) is 15.0. The van der Waals surface area contributed by atoms with Crippen LogP contribution in [0.1, 0.15) is 33.1 Å². The number of rotatable bonds is 12. The van der Waals surface area contributed by atoms with Crippen molar-refractivity contribution in [3.8, 4) is 11.5 Å². The lowest BCUT2D eigenvalue weighted by Gasteiger charge is -2.32. The van der Waals surface area contributed by atoms with Crippen molar-refractivity contribution in [1.82, 2.24) is 14.5 Å². The maximum Gasteiger partial charge on any atom is 0.255 e. The van der Waals surface area contributed by atoms with Gasteiger partial charge in [0, 0.05) is 31.7 Å². The summed E-state index contributed by atoms with van der Waals surface area (Å²) in [6.45, 7) is 1.55. The minimum absolute atomic E-state index is 0.0875. The van der Waals surface area contributed by atoms with Crippen LogP contribution in [0.5, 0.6) is 11.5 Å². The standard InChI is InChI=1S/C35H37N3O7S/c1-43-30-14-8-26(9-15-30)24-36-34(39)33(28-10-16-31(44-2)17-11-28)38(25-27-6-4-3-5-7-27)35(40)29-12-18-32(19-13-29)46(41,42)37-20-22-45-23-21-37/h3-19,33H,20-25H2,1-2H3,(H,36,39)/t33-/m1/s1. The topological polar surface area (TPSA) is 114 Å². The Hall–Kier alpha value is -4.71. The summed E-state index contributed by atoms with van der Waals surface area (Å²) in [5, 5.41) is 3.00. The van der Waals surface area contributed by atoms with E-state index >= 15 is 0 Å². The van der Waals surface area contributed by atoms with E-state index < -0.39 is 22.0 Å². The first-order valence-electron chi connectivity index (χ1n) is 14.9. The third kappa shape index (κ3) is 7.74. The third-order valence-electron chi connectivity index (χ3n) is 7.78. The highest BCUT2D eigenvalue weighted by Gasteiger charge is 2.33. The second-order valence-corrected chi connectivity index (χ2v) is 12.6. The molecule has 11 heteroatoms. The van der Waals surface area contributed by atoms with E-state index in [1.165, 1.54) is 33.5 Å². The fraction of sp³-hybridized carbons (Fsp3) is 0.257. The molecule has 0 aliphatic carbocycles. The van der Waals surface area contributed by atoms with E-state index in [-0.39, 0.29) is 42.5 Å². The van der Waals surface area contributed by atoms with Crippen molar-refractivity contribution in [2.45, 2.75) is 24.0 Å². The van der Waals surface area contributed by atoms with E-state index in [4.69, 9.17) is 14.2 Å². The number of nitrogens with one attached hydrogen (secondary N) is 1. The SMILES string of the molecule is COc1ccc(CNC(=O)[C@@H](c2ccc(OC)cc2)N(Cc2ccccc2)C(=O)c2ccc(S(=O)(=O)N3CCOCC3)cc2)cc1. The number of amides is 2. The van der Waals surface area contributed by atoms with Gasteiger partial charge in [-0.05, 0) is 65.2 Å². The minimum Gasteiger partial charge on any atom is -0.497 e. The van der Waals surface area contributed by atoms with E-state index in [2.05, 4.69) is 5.32 Å². The number of hydrogen-bond acceptors (Lipinski definition) is 7. The molecule has 1 atom stereocenters. The molecule has 0 saturated carbocycles. The number of ether oxygens (including phenoxy) is 3. The number of benzene rings is 4. The van der Waals surface area contributed by atoms with Crippen LogP contribution in [-0.2, 0) is 32.6 Å². The van der Waals surface area contributed by atoms with Gasteiger partial charge in [-0.1, -0.05) is 54.6 Å². The van der Waals surface area contributed by atoms with Crippen LogP contribution in [0, 0.1) is 0 Å². The van der Waals surface area contributed by atoms with Crippen molar-refractivity contribution >= 4 is 21.8 Å². The van der Waals surface area contributed by atoms with Crippen LogP contribution < -0.4 is 14.8 Å². The molecule has 10 nitrogen and oxygen atoms in total. The smallest absolute Gasteiger partial charge is 0.255 e. The molecule has 0 spiro atoms. The molecule has 0 bridgehead atoms. The number of morpholine rings is 1. The lowest BCUT2D eigenvalue weighted by atomic mass is 10.0. The van der Waals surface area contributed by atoms with Gasteiger partial charge in [-0.2, -0.15) is 4.31 Å². The first-order valence-corrected chi connectivity index (χ1v) is 16.3. The third-order valence-corrected chi connectivity index (χ3v) is 9.70. The van der Waals surface area contributed by atoms with Gasteiger partial charge in [0.05, 0.1) is 32.3 Å². The van der Waals surface area contributed by atoms with Crippen molar-refractivity contribution in [3.63, 3.8) is 0 Å². The molecule has 0 aromatic heterocycles. The minimum atomic E-state index is -3.75. The summed E-state index contributed by atoms with van der Waals surface area (Å²) in [4.78, 5) is 30.0. The Morgan fingerprint density at radius 2 is 1.39 bits per heavy atom. The zero-order valence-corrected chi connectivity index (χ0v) is 26.6. The summed E-state index contributed by atoms with van der Waals surface area (Å²) >= 11 is 0. The highest BCUT2D eigenvalue weighted by Crippen LogP contribution is 2.28. The molecule has 240 valence electrons. The van der Waals surface area contributed by atoms with Gasteiger partial charge in [0.15, 0.2) is 0 Å². The van der Waals surface area contributed by atoms with Crippen LogP contribution in [0.15, 0.2) is 108 Å². The highest BCUT2D eigenvalue weighted by atomic mass is 32.2. The molecule has 4 aromatic rings. The summed E-state index contributed by atoms with van der Waals surface area (Å²) in [5.74, 6) is 0.505. The molecule has 1 N–H and O–H groups in total. The lowest BCUT2D eigenvalue weighted by molar-refractivity contribution is -0.126. The Labute approximate surface area is 269 Å². The summed E-state index contributed by atoms with van der Waals surface area (Å²) in [5.41, 5.74) is 2.52. The van der Waals surface area contributed by atoms with E-state index in [0.29, 0.717) is 30.3 Å². The molecule has 46 heavy (non-hydrogen) atoms. The maximum atomic E-state index is 14.3. The molecule has 4 aromatic carbocycles. The van der Waals surface area contributed by atoms with Crippen molar-refractivity contribution in [2.75, 3.05) is 40.5 Å². The van der Waals surface area contributed by atoms with Gasteiger partial charge in [0.1, 0.15) is 17.5 Å². The molecule has 0 radical (unpaired) electrons. The van der Waals surface area contributed by atoms with E-state index in [1.54, 1.807) is 38.5 Å². The van der Waals surface area contributed by atoms with Crippen LogP contribution in [0.2, 0.25) is 0 Å². The van der Waals surface area contributed by atoms with Gasteiger partial charge in [0.2, 0.25) is 15.9 Å². The average molecular weight is 644 g/mol. The van der Waals surface area contributed by atoms with Crippen molar-refractivity contribution in [2.24, 2.45) is 0 Å². The number of methoxy groups -OCH3 is 2. The van der Waals surface area contributed by atoms with Gasteiger partial charge < -0.3 is 24.4 Å². The first-order chi connectivity index (χ1) is 22.3. The van der Waals surface area contributed by atoms with Crippen LogP contribution in [0.3, 0.4) is 0 Å². The highest BCUT2D eigenvalue weighted by molar-refractivity contribution is 7.89. The molecule has 2 amide bonds. The van der Waals surface area contributed by atoms with Gasteiger partial charge in [-0.25, -0.2) is 8.42 Å².